The molecule has 2 N–H and O–H groups in total. The third kappa shape index (κ3) is 4.84. The van der Waals surface area contributed by atoms with Gasteiger partial charge in [0.25, 0.3) is 5.91 Å². The summed E-state index contributed by atoms with van der Waals surface area (Å²) in [7, 11) is 3.07. The van der Waals surface area contributed by atoms with Crippen LogP contribution in [-0.4, -0.2) is 26.1 Å². The van der Waals surface area contributed by atoms with E-state index >= 15 is 0 Å². The summed E-state index contributed by atoms with van der Waals surface area (Å²) in [5, 5.41) is 0. The highest BCUT2D eigenvalue weighted by atomic mass is 16.5. The fourth-order valence-corrected chi connectivity index (χ4v) is 2.19. The molecule has 0 saturated heterocycles. The Kier molecular flexibility index (Phi) is 6.17. The quantitative estimate of drug-likeness (QED) is 0.617. The Hall–Kier alpha value is -3.28. The molecule has 0 saturated carbocycles. The minimum Gasteiger partial charge on any atom is -0.497 e. The molecule has 130 valence electrons. The van der Waals surface area contributed by atoms with Crippen molar-refractivity contribution in [2.75, 3.05) is 14.2 Å². The second-order valence-corrected chi connectivity index (χ2v) is 5.07. The Morgan fingerprint density at radius 2 is 1.76 bits per heavy atom. The van der Waals surface area contributed by atoms with Gasteiger partial charge >= 0.3 is 5.97 Å². The molecule has 0 radical (unpaired) electrons. The summed E-state index contributed by atoms with van der Waals surface area (Å²) in [6.07, 6.45) is 1.60. The van der Waals surface area contributed by atoms with Gasteiger partial charge in [-0.1, -0.05) is 30.3 Å². The molecule has 2 aromatic carbocycles. The number of carbonyl (C=O) groups excluding carboxylic acids is 2. The molecule has 0 aromatic heterocycles. The van der Waals surface area contributed by atoms with Crippen LogP contribution in [0.15, 0.2) is 54.6 Å². The lowest BCUT2D eigenvalue weighted by Gasteiger charge is -2.13. The van der Waals surface area contributed by atoms with E-state index in [4.69, 9.17) is 19.9 Å². The van der Waals surface area contributed by atoms with Crippen molar-refractivity contribution in [3.63, 3.8) is 0 Å². The molecule has 1 amide bonds. The highest BCUT2D eigenvalue weighted by Gasteiger charge is 2.21. The van der Waals surface area contributed by atoms with Gasteiger partial charge in [-0.2, -0.15) is 0 Å². The second kappa shape index (κ2) is 8.54. The molecule has 0 aliphatic carbocycles. The minimum absolute atomic E-state index is 0.513. The first-order valence-electron chi connectivity index (χ1n) is 7.50. The van der Waals surface area contributed by atoms with Crippen LogP contribution >= 0.6 is 0 Å². The van der Waals surface area contributed by atoms with Crippen molar-refractivity contribution in [2.24, 2.45) is 5.73 Å². The molecule has 0 aliphatic rings. The van der Waals surface area contributed by atoms with Crippen LogP contribution in [0.1, 0.15) is 17.2 Å². The molecule has 0 bridgehead atoms. The number of amides is 1. The number of rotatable bonds is 7. The van der Waals surface area contributed by atoms with Gasteiger partial charge in [-0.05, 0) is 18.2 Å². The SMILES string of the molecule is COc1ccc(/C=C/C(=O)OC(C(N)=O)c2ccccc2)c(OC)c1. The molecular weight excluding hydrogens is 322 g/mol. The van der Waals surface area contributed by atoms with E-state index in [2.05, 4.69) is 0 Å². The Bertz CT molecular complexity index is 771. The fraction of sp³-hybridized carbons (Fsp3) is 0.158. The van der Waals surface area contributed by atoms with E-state index in [-0.39, 0.29) is 0 Å². The zero-order chi connectivity index (χ0) is 18.2. The van der Waals surface area contributed by atoms with Crippen molar-refractivity contribution in [1.82, 2.24) is 0 Å². The third-order valence-electron chi connectivity index (χ3n) is 3.43. The lowest BCUT2D eigenvalue weighted by molar-refractivity contribution is -0.150. The van der Waals surface area contributed by atoms with Crippen molar-refractivity contribution in [3.8, 4) is 11.5 Å². The summed E-state index contributed by atoms with van der Waals surface area (Å²) in [5.41, 5.74) is 6.50. The molecule has 2 rings (SSSR count). The number of ether oxygens (including phenoxy) is 3. The van der Waals surface area contributed by atoms with E-state index in [0.29, 0.717) is 22.6 Å². The molecule has 0 spiro atoms. The number of hydrogen-bond donors (Lipinski definition) is 1. The summed E-state index contributed by atoms with van der Waals surface area (Å²) in [6.45, 7) is 0. The molecule has 2 aromatic rings. The second-order valence-electron chi connectivity index (χ2n) is 5.07. The van der Waals surface area contributed by atoms with Crippen LogP contribution in [0.5, 0.6) is 11.5 Å². The maximum Gasteiger partial charge on any atom is 0.331 e. The smallest absolute Gasteiger partial charge is 0.331 e. The van der Waals surface area contributed by atoms with E-state index < -0.39 is 18.0 Å². The number of nitrogens with two attached hydrogens (primary N) is 1. The zero-order valence-corrected chi connectivity index (χ0v) is 14.0. The van der Waals surface area contributed by atoms with E-state index in [0.717, 1.165) is 0 Å². The average molecular weight is 341 g/mol. The fourth-order valence-electron chi connectivity index (χ4n) is 2.19. The maximum atomic E-state index is 12.0. The number of benzene rings is 2. The molecule has 0 aliphatic heterocycles. The predicted molar refractivity (Wildman–Crippen MR) is 93.0 cm³/mol. The van der Waals surface area contributed by atoms with Gasteiger partial charge in [0, 0.05) is 23.3 Å². The van der Waals surface area contributed by atoms with Crippen molar-refractivity contribution in [1.29, 1.82) is 0 Å². The third-order valence-corrected chi connectivity index (χ3v) is 3.43. The first kappa shape index (κ1) is 18.1. The zero-order valence-electron chi connectivity index (χ0n) is 14.0. The number of hydrogen-bond acceptors (Lipinski definition) is 5. The molecule has 1 atom stereocenters. The normalized spacial score (nSPS) is 11.8. The monoisotopic (exact) mass is 341 g/mol. The van der Waals surface area contributed by atoms with Crippen LogP contribution in [0.4, 0.5) is 0 Å². The molecule has 25 heavy (non-hydrogen) atoms. The first-order valence-corrected chi connectivity index (χ1v) is 7.50. The summed E-state index contributed by atoms with van der Waals surface area (Å²) in [6, 6.07) is 13.8. The van der Waals surface area contributed by atoms with Crippen molar-refractivity contribution in [2.45, 2.75) is 6.10 Å². The van der Waals surface area contributed by atoms with Crippen molar-refractivity contribution < 1.29 is 23.8 Å². The summed E-state index contributed by atoms with van der Waals surface area (Å²) in [5.74, 6) is -0.257. The molecule has 1 unspecified atom stereocenters. The van der Waals surface area contributed by atoms with Crippen molar-refractivity contribution >= 4 is 18.0 Å². The average Bonchev–Trinajstić information content (AvgIpc) is 2.64. The lowest BCUT2D eigenvalue weighted by Crippen LogP contribution is -2.25. The number of primary amides is 1. The Morgan fingerprint density at radius 1 is 1.04 bits per heavy atom. The Labute approximate surface area is 145 Å². The van der Waals surface area contributed by atoms with Gasteiger partial charge in [-0.25, -0.2) is 4.79 Å². The van der Waals surface area contributed by atoms with Crippen molar-refractivity contribution in [3.05, 3.63) is 65.7 Å². The minimum atomic E-state index is -1.14. The highest BCUT2D eigenvalue weighted by Crippen LogP contribution is 2.25. The van der Waals surface area contributed by atoms with Gasteiger partial charge in [-0.15, -0.1) is 0 Å². The van der Waals surface area contributed by atoms with Crippen LogP contribution in [0, 0.1) is 0 Å². The summed E-state index contributed by atoms with van der Waals surface area (Å²) < 4.78 is 15.5. The number of esters is 1. The van der Waals surface area contributed by atoms with Crippen LogP contribution in [0.25, 0.3) is 6.08 Å². The standard InChI is InChI=1S/C19H19NO5/c1-23-15-10-8-13(16(12-15)24-2)9-11-17(21)25-18(19(20)22)14-6-4-3-5-7-14/h3-12,18H,1-2H3,(H2,20,22)/b11-9+. The van der Waals surface area contributed by atoms with Gasteiger partial charge < -0.3 is 19.9 Å². The van der Waals surface area contributed by atoms with Gasteiger partial charge in [-0.3, -0.25) is 4.79 Å². The molecule has 6 nitrogen and oxygen atoms in total. The van der Waals surface area contributed by atoms with E-state index in [9.17, 15) is 9.59 Å². The molecule has 6 heteroatoms. The predicted octanol–water partition coefficient (Wildman–Crippen LogP) is 2.49. The van der Waals surface area contributed by atoms with E-state index in [1.165, 1.54) is 19.3 Å². The largest absolute Gasteiger partial charge is 0.497 e. The lowest BCUT2D eigenvalue weighted by atomic mass is 10.1. The van der Waals surface area contributed by atoms with Crippen LogP contribution < -0.4 is 15.2 Å². The highest BCUT2D eigenvalue weighted by molar-refractivity contribution is 5.90. The van der Waals surface area contributed by atoms with Crippen LogP contribution in [0.2, 0.25) is 0 Å². The topological polar surface area (TPSA) is 87.9 Å². The summed E-state index contributed by atoms with van der Waals surface area (Å²) in [4.78, 5) is 23.6. The van der Waals surface area contributed by atoms with Gasteiger partial charge in [0.2, 0.25) is 6.10 Å². The molecule has 0 fully saturated rings. The molecular formula is C19H19NO5. The maximum absolute atomic E-state index is 12.0. The number of carbonyl (C=O) groups is 2. The number of methoxy groups -OCH3 is 2. The van der Waals surface area contributed by atoms with E-state index in [1.54, 1.807) is 55.6 Å². The van der Waals surface area contributed by atoms with Gasteiger partial charge in [0.15, 0.2) is 0 Å². The Balaban J connectivity index is 2.13. The van der Waals surface area contributed by atoms with Gasteiger partial charge in [0.1, 0.15) is 11.5 Å². The summed E-state index contributed by atoms with van der Waals surface area (Å²) >= 11 is 0. The van der Waals surface area contributed by atoms with Gasteiger partial charge in [0.05, 0.1) is 14.2 Å². The van der Waals surface area contributed by atoms with Crippen LogP contribution in [-0.2, 0) is 14.3 Å². The Morgan fingerprint density at radius 3 is 2.36 bits per heavy atom. The van der Waals surface area contributed by atoms with Crippen LogP contribution in [0.3, 0.4) is 0 Å². The van der Waals surface area contributed by atoms with E-state index in [1.807, 2.05) is 0 Å². The molecule has 0 heterocycles. The first-order chi connectivity index (χ1) is 12.0.